The highest BCUT2D eigenvalue weighted by Gasteiger charge is 2.23. The summed E-state index contributed by atoms with van der Waals surface area (Å²) in [6, 6.07) is 12.0. The van der Waals surface area contributed by atoms with Crippen molar-refractivity contribution in [2.45, 2.75) is 13.0 Å². The molecule has 1 aromatic carbocycles. The van der Waals surface area contributed by atoms with E-state index in [1.165, 1.54) is 11.1 Å². The largest absolute Gasteiger partial charge is 0.444 e. The SMILES string of the molecule is Cc1ccc(C(CNC(=O)c2ccc(Br)o2)N2CCOCC2)cc1.Cl. The summed E-state index contributed by atoms with van der Waals surface area (Å²) in [4.78, 5) is 14.6. The van der Waals surface area contributed by atoms with Crippen molar-refractivity contribution in [1.29, 1.82) is 0 Å². The maximum Gasteiger partial charge on any atom is 0.287 e. The molecule has 1 aliphatic heterocycles. The summed E-state index contributed by atoms with van der Waals surface area (Å²) in [5.41, 5.74) is 2.42. The van der Waals surface area contributed by atoms with Gasteiger partial charge >= 0.3 is 0 Å². The third-order valence-corrected chi connectivity index (χ3v) is 4.63. The second kappa shape index (κ2) is 9.38. The molecule has 136 valence electrons. The maximum absolute atomic E-state index is 12.3. The Bertz CT molecular complexity index is 684. The number of nitrogens with zero attached hydrogens (tertiary/aromatic N) is 1. The van der Waals surface area contributed by atoms with Gasteiger partial charge in [0.25, 0.3) is 5.91 Å². The number of benzene rings is 1. The first-order valence-corrected chi connectivity index (χ1v) is 8.84. The van der Waals surface area contributed by atoms with Crippen LogP contribution in [0.5, 0.6) is 0 Å². The van der Waals surface area contributed by atoms with Crippen LogP contribution < -0.4 is 5.32 Å². The summed E-state index contributed by atoms with van der Waals surface area (Å²) in [7, 11) is 0. The van der Waals surface area contributed by atoms with Crippen molar-refractivity contribution in [1.82, 2.24) is 10.2 Å². The molecule has 2 aromatic rings. The Kier molecular flexibility index (Phi) is 7.50. The van der Waals surface area contributed by atoms with Gasteiger partial charge in [-0.2, -0.15) is 0 Å². The van der Waals surface area contributed by atoms with Gasteiger partial charge in [-0.25, -0.2) is 0 Å². The van der Waals surface area contributed by atoms with Gasteiger partial charge in [0.15, 0.2) is 10.4 Å². The van der Waals surface area contributed by atoms with Crippen LogP contribution in [0.4, 0.5) is 0 Å². The molecule has 2 heterocycles. The van der Waals surface area contributed by atoms with Gasteiger partial charge in [-0.05, 0) is 40.5 Å². The molecule has 3 rings (SSSR count). The van der Waals surface area contributed by atoms with Crippen LogP contribution in [0.25, 0.3) is 0 Å². The van der Waals surface area contributed by atoms with Gasteiger partial charge in [-0.15, -0.1) is 12.4 Å². The molecule has 1 aromatic heterocycles. The number of nitrogens with one attached hydrogen (secondary N) is 1. The minimum atomic E-state index is -0.203. The number of hydrogen-bond acceptors (Lipinski definition) is 4. The monoisotopic (exact) mass is 428 g/mol. The van der Waals surface area contributed by atoms with Crippen LogP contribution in [0.2, 0.25) is 0 Å². The molecule has 1 atom stereocenters. The van der Waals surface area contributed by atoms with Gasteiger partial charge in [-0.1, -0.05) is 29.8 Å². The number of rotatable bonds is 5. The summed E-state index contributed by atoms with van der Waals surface area (Å²) >= 11 is 3.22. The smallest absolute Gasteiger partial charge is 0.287 e. The van der Waals surface area contributed by atoms with Crippen LogP contribution in [-0.4, -0.2) is 43.7 Å². The number of morpholine rings is 1. The number of furan rings is 1. The summed E-state index contributed by atoms with van der Waals surface area (Å²) < 4.78 is 11.3. The van der Waals surface area contributed by atoms with Gasteiger partial charge in [0.2, 0.25) is 0 Å². The van der Waals surface area contributed by atoms with Gasteiger partial charge < -0.3 is 14.5 Å². The number of aryl methyl sites for hydroxylation is 1. The van der Waals surface area contributed by atoms with E-state index in [0.717, 1.165) is 26.3 Å². The van der Waals surface area contributed by atoms with Crippen LogP contribution in [-0.2, 0) is 4.74 Å². The first-order chi connectivity index (χ1) is 11.6. The van der Waals surface area contributed by atoms with Crippen LogP contribution >= 0.6 is 28.3 Å². The fourth-order valence-corrected chi connectivity index (χ4v) is 3.15. The van der Waals surface area contributed by atoms with Crippen molar-refractivity contribution in [2.24, 2.45) is 0 Å². The average Bonchev–Trinajstić information content (AvgIpc) is 3.04. The summed E-state index contributed by atoms with van der Waals surface area (Å²) in [6.45, 7) is 5.77. The Balaban J connectivity index is 0.00000225. The first-order valence-electron chi connectivity index (χ1n) is 8.05. The highest BCUT2D eigenvalue weighted by Crippen LogP contribution is 2.22. The highest BCUT2D eigenvalue weighted by atomic mass is 79.9. The summed E-state index contributed by atoms with van der Waals surface area (Å²) in [5.74, 6) is 0.109. The van der Waals surface area contributed by atoms with E-state index < -0.39 is 0 Å². The number of halogens is 2. The van der Waals surface area contributed by atoms with Crippen LogP contribution in [0.15, 0.2) is 45.5 Å². The maximum atomic E-state index is 12.3. The van der Waals surface area contributed by atoms with E-state index in [1.54, 1.807) is 12.1 Å². The molecule has 0 spiro atoms. The number of carbonyl (C=O) groups excluding carboxylic acids is 1. The number of ether oxygens (including phenoxy) is 1. The second-order valence-electron chi connectivity index (χ2n) is 5.89. The molecular weight excluding hydrogens is 408 g/mol. The Morgan fingerprint density at radius 1 is 1.20 bits per heavy atom. The standard InChI is InChI=1S/C18H21BrN2O3.ClH/c1-13-2-4-14(5-3-13)15(21-8-10-23-11-9-21)12-20-18(22)16-6-7-17(19)24-16;/h2-7,15H,8-12H2,1H3,(H,20,22);1H. The molecular formula is C18H22BrClN2O3. The molecule has 25 heavy (non-hydrogen) atoms. The Hall–Kier alpha value is -1.34. The molecule has 0 saturated carbocycles. The van der Waals surface area contributed by atoms with Crippen molar-refractivity contribution in [3.63, 3.8) is 0 Å². The minimum Gasteiger partial charge on any atom is -0.444 e. The fourth-order valence-electron chi connectivity index (χ4n) is 2.85. The van der Waals surface area contributed by atoms with E-state index in [1.807, 2.05) is 0 Å². The van der Waals surface area contributed by atoms with Gasteiger partial charge in [0.05, 0.1) is 19.3 Å². The van der Waals surface area contributed by atoms with Crippen LogP contribution in [0.3, 0.4) is 0 Å². The first kappa shape index (κ1) is 20.0. The Labute approximate surface area is 162 Å². The molecule has 0 aliphatic carbocycles. The van der Waals surface area contributed by atoms with E-state index in [-0.39, 0.29) is 24.4 Å². The zero-order chi connectivity index (χ0) is 16.9. The van der Waals surface area contributed by atoms with Crippen molar-refractivity contribution >= 4 is 34.2 Å². The molecule has 1 N–H and O–H groups in total. The second-order valence-corrected chi connectivity index (χ2v) is 6.67. The third-order valence-electron chi connectivity index (χ3n) is 4.20. The lowest BCUT2D eigenvalue weighted by Gasteiger charge is -2.35. The topological polar surface area (TPSA) is 54.7 Å². The lowest BCUT2D eigenvalue weighted by atomic mass is 10.0. The molecule has 0 radical (unpaired) electrons. The average molecular weight is 430 g/mol. The van der Waals surface area contributed by atoms with Gasteiger partial charge in [0.1, 0.15) is 0 Å². The van der Waals surface area contributed by atoms with Crippen LogP contribution in [0.1, 0.15) is 27.7 Å². The molecule has 1 aliphatic rings. The van der Waals surface area contributed by atoms with E-state index in [4.69, 9.17) is 9.15 Å². The number of amides is 1. The molecule has 7 heteroatoms. The predicted molar refractivity (Wildman–Crippen MR) is 102 cm³/mol. The zero-order valence-corrected chi connectivity index (χ0v) is 16.4. The van der Waals surface area contributed by atoms with E-state index in [2.05, 4.69) is 57.3 Å². The zero-order valence-electron chi connectivity index (χ0n) is 14.0. The van der Waals surface area contributed by atoms with Gasteiger partial charge in [0, 0.05) is 19.6 Å². The Morgan fingerprint density at radius 3 is 2.48 bits per heavy atom. The van der Waals surface area contributed by atoms with Gasteiger partial charge in [-0.3, -0.25) is 9.69 Å². The van der Waals surface area contributed by atoms with Crippen LogP contribution in [0, 0.1) is 6.92 Å². The number of hydrogen-bond donors (Lipinski definition) is 1. The van der Waals surface area contributed by atoms with E-state index in [9.17, 15) is 4.79 Å². The molecule has 1 fully saturated rings. The van der Waals surface area contributed by atoms with Crippen molar-refractivity contribution in [3.05, 3.63) is 58.0 Å². The summed E-state index contributed by atoms with van der Waals surface area (Å²) in [5, 5.41) is 2.99. The minimum absolute atomic E-state index is 0. The van der Waals surface area contributed by atoms with Crippen molar-refractivity contribution in [3.8, 4) is 0 Å². The summed E-state index contributed by atoms with van der Waals surface area (Å²) in [6.07, 6.45) is 0. The normalized spacial score (nSPS) is 16.1. The predicted octanol–water partition coefficient (Wildman–Crippen LogP) is 3.58. The quantitative estimate of drug-likeness (QED) is 0.789. The van der Waals surface area contributed by atoms with Crippen molar-refractivity contribution < 1.29 is 13.9 Å². The molecule has 1 saturated heterocycles. The Morgan fingerprint density at radius 2 is 1.88 bits per heavy atom. The van der Waals surface area contributed by atoms with E-state index in [0.29, 0.717) is 17.0 Å². The lowest BCUT2D eigenvalue weighted by Crippen LogP contribution is -2.43. The molecule has 1 unspecified atom stereocenters. The molecule has 0 bridgehead atoms. The molecule has 5 nitrogen and oxygen atoms in total. The highest BCUT2D eigenvalue weighted by molar-refractivity contribution is 9.10. The number of carbonyl (C=O) groups is 1. The lowest BCUT2D eigenvalue weighted by molar-refractivity contribution is 0.0161. The third kappa shape index (κ3) is 5.31. The van der Waals surface area contributed by atoms with E-state index >= 15 is 0 Å². The van der Waals surface area contributed by atoms with Crippen molar-refractivity contribution in [2.75, 3.05) is 32.8 Å². The molecule has 1 amide bonds. The fraction of sp³-hybridized carbons (Fsp3) is 0.389.